The van der Waals surface area contributed by atoms with Crippen molar-refractivity contribution in [1.29, 1.82) is 0 Å². The molecule has 0 fully saturated rings. The third-order valence-corrected chi connectivity index (χ3v) is 1.52. The van der Waals surface area contributed by atoms with Gasteiger partial charge in [0.05, 0.1) is 12.7 Å². The molecular weight excluding hydrogens is 130 g/mol. The number of hydrogen-bond donors (Lipinski definition) is 2. The van der Waals surface area contributed by atoms with Gasteiger partial charge in [0.1, 0.15) is 0 Å². The summed E-state index contributed by atoms with van der Waals surface area (Å²) in [5, 5.41) is 9.24. The van der Waals surface area contributed by atoms with Crippen LogP contribution < -0.4 is 5.73 Å². The SMILES string of the molecule is CCOCC(O)C(C)CN. The molecule has 3 heteroatoms. The van der Waals surface area contributed by atoms with E-state index < -0.39 is 6.10 Å². The molecule has 0 aliphatic carbocycles. The number of hydrogen-bond acceptors (Lipinski definition) is 3. The smallest absolute Gasteiger partial charge is 0.0811 e. The normalized spacial score (nSPS) is 16.8. The Morgan fingerprint density at radius 1 is 1.60 bits per heavy atom. The molecule has 0 rings (SSSR count). The first-order valence-electron chi connectivity index (χ1n) is 3.68. The van der Waals surface area contributed by atoms with Crippen molar-refractivity contribution in [1.82, 2.24) is 0 Å². The summed E-state index contributed by atoms with van der Waals surface area (Å²) in [6.07, 6.45) is -0.412. The first-order valence-corrected chi connectivity index (χ1v) is 3.68. The van der Waals surface area contributed by atoms with Crippen molar-refractivity contribution in [3.63, 3.8) is 0 Å². The van der Waals surface area contributed by atoms with E-state index in [9.17, 15) is 5.11 Å². The molecule has 62 valence electrons. The maximum atomic E-state index is 9.24. The number of ether oxygens (including phenoxy) is 1. The van der Waals surface area contributed by atoms with Crippen LogP contribution in [0.1, 0.15) is 13.8 Å². The maximum absolute atomic E-state index is 9.24. The van der Waals surface area contributed by atoms with Crippen LogP contribution in [0.3, 0.4) is 0 Å². The van der Waals surface area contributed by atoms with Crippen LogP contribution in [-0.2, 0) is 4.74 Å². The minimum absolute atomic E-state index is 0.131. The first kappa shape index (κ1) is 9.88. The van der Waals surface area contributed by atoms with Crippen LogP contribution in [-0.4, -0.2) is 31.0 Å². The minimum Gasteiger partial charge on any atom is -0.390 e. The van der Waals surface area contributed by atoms with Crippen LogP contribution in [0.15, 0.2) is 0 Å². The lowest BCUT2D eigenvalue weighted by molar-refractivity contribution is 0.0156. The highest BCUT2D eigenvalue weighted by molar-refractivity contribution is 4.63. The van der Waals surface area contributed by atoms with Crippen molar-refractivity contribution >= 4 is 0 Å². The molecule has 3 N–H and O–H groups in total. The Morgan fingerprint density at radius 3 is 2.60 bits per heavy atom. The van der Waals surface area contributed by atoms with Gasteiger partial charge in [-0.05, 0) is 19.4 Å². The zero-order valence-corrected chi connectivity index (χ0v) is 6.71. The quantitative estimate of drug-likeness (QED) is 0.574. The van der Waals surface area contributed by atoms with Gasteiger partial charge in [-0.2, -0.15) is 0 Å². The van der Waals surface area contributed by atoms with Crippen LogP contribution in [0.2, 0.25) is 0 Å². The van der Waals surface area contributed by atoms with Gasteiger partial charge in [0, 0.05) is 6.61 Å². The molecule has 0 aromatic heterocycles. The summed E-state index contributed by atoms with van der Waals surface area (Å²) in [5.41, 5.74) is 5.33. The fourth-order valence-corrected chi connectivity index (χ4v) is 0.560. The third kappa shape index (κ3) is 3.82. The number of rotatable bonds is 5. The molecule has 3 nitrogen and oxygen atoms in total. The van der Waals surface area contributed by atoms with Crippen LogP contribution in [0.5, 0.6) is 0 Å². The number of nitrogens with two attached hydrogens (primary N) is 1. The van der Waals surface area contributed by atoms with Gasteiger partial charge in [0.2, 0.25) is 0 Å². The van der Waals surface area contributed by atoms with E-state index in [-0.39, 0.29) is 5.92 Å². The van der Waals surface area contributed by atoms with Gasteiger partial charge >= 0.3 is 0 Å². The second-order valence-electron chi connectivity index (χ2n) is 2.44. The topological polar surface area (TPSA) is 55.5 Å². The Labute approximate surface area is 62.2 Å². The van der Waals surface area contributed by atoms with E-state index in [4.69, 9.17) is 10.5 Å². The number of aliphatic hydroxyl groups excluding tert-OH is 1. The second kappa shape index (κ2) is 5.65. The highest BCUT2D eigenvalue weighted by Crippen LogP contribution is 2.00. The molecule has 0 amide bonds. The van der Waals surface area contributed by atoms with Crippen molar-refractivity contribution in [2.24, 2.45) is 11.7 Å². The molecule has 0 heterocycles. The Morgan fingerprint density at radius 2 is 2.20 bits per heavy atom. The van der Waals surface area contributed by atoms with Crippen molar-refractivity contribution in [2.45, 2.75) is 20.0 Å². The van der Waals surface area contributed by atoms with Gasteiger partial charge in [0.15, 0.2) is 0 Å². The zero-order chi connectivity index (χ0) is 7.98. The Kier molecular flexibility index (Phi) is 5.58. The summed E-state index contributed by atoms with van der Waals surface area (Å²) in [7, 11) is 0. The molecule has 0 aromatic rings. The second-order valence-corrected chi connectivity index (χ2v) is 2.44. The molecule has 0 saturated carbocycles. The maximum Gasteiger partial charge on any atom is 0.0811 e. The Bertz CT molecular complexity index is 78.0. The van der Waals surface area contributed by atoms with Crippen LogP contribution in [0.25, 0.3) is 0 Å². The molecule has 2 atom stereocenters. The van der Waals surface area contributed by atoms with E-state index in [2.05, 4.69) is 0 Å². The summed E-state index contributed by atoms with van der Waals surface area (Å²) >= 11 is 0. The van der Waals surface area contributed by atoms with Crippen LogP contribution in [0.4, 0.5) is 0 Å². The summed E-state index contributed by atoms with van der Waals surface area (Å²) in [4.78, 5) is 0. The first-order chi connectivity index (χ1) is 4.72. The van der Waals surface area contributed by atoms with Gasteiger partial charge in [-0.25, -0.2) is 0 Å². The van der Waals surface area contributed by atoms with E-state index in [1.165, 1.54) is 0 Å². The molecule has 0 aliphatic rings. The van der Waals surface area contributed by atoms with E-state index >= 15 is 0 Å². The average molecular weight is 147 g/mol. The Hall–Kier alpha value is -0.120. The van der Waals surface area contributed by atoms with Gasteiger partial charge in [-0.1, -0.05) is 6.92 Å². The zero-order valence-electron chi connectivity index (χ0n) is 6.71. The number of aliphatic hydroxyl groups is 1. The van der Waals surface area contributed by atoms with Gasteiger partial charge < -0.3 is 15.6 Å². The van der Waals surface area contributed by atoms with Gasteiger partial charge in [0.25, 0.3) is 0 Å². The predicted molar refractivity (Wildman–Crippen MR) is 40.7 cm³/mol. The lowest BCUT2D eigenvalue weighted by Crippen LogP contribution is -2.29. The minimum atomic E-state index is -0.412. The monoisotopic (exact) mass is 147 g/mol. The highest BCUT2D eigenvalue weighted by atomic mass is 16.5. The van der Waals surface area contributed by atoms with Crippen LogP contribution in [0, 0.1) is 5.92 Å². The van der Waals surface area contributed by atoms with E-state index in [1.54, 1.807) is 0 Å². The Balaban J connectivity index is 3.31. The van der Waals surface area contributed by atoms with Crippen LogP contribution >= 0.6 is 0 Å². The molecule has 0 aromatic carbocycles. The van der Waals surface area contributed by atoms with Gasteiger partial charge in [-0.15, -0.1) is 0 Å². The largest absolute Gasteiger partial charge is 0.390 e. The fourth-order valence-electron chi connectivity index (χ4n) is 0.560. The van der Waals surface area contributed by atoms with E-state index in [0.29, 0.717) is 19.8 Å². The van der Waals surface area contributed by atoms with Crippen molar-refractivity contribution in [3.8, 4) is 0 Å². The van der Waals surface area contributed by atoms with Crippen molar-refractivity contribution in [3.05, 3.63) is 0 Å². The molecule has 2 unspecified atom stereocenters. The van der Waals surface area contributed by atoms with Crippen molar-refractivity contribution < 1.29 is 9.84 Å². The molecule has 0 saturated heterocycles. The molecule has 10 heavy (non-hydrogen) atoms. The highest BCUT2D eigenvalue weighted by Gasteiger charge is 2.11. The predicted octanol–water partition coefficient (Wildman–Crippen LogP) is -0.0214. The lowest BCUT2D eigenvalue weighted by Gasteiger charge is -2.15. The summed E-state index contributed by atoms with van der Waals surface area (Å²) in [6, 6.07) is 0. The fraction of sp³-hybridized carbons (Fsp3) is 1.00. The summed E-state index contributed by atoms with van der Waals surface area (Å²) in [5.74, 6) is 0.131. The van der Waals surface area contributed by atoms with E-state index in [1.807, 2.05) is 13.8 Å². The van der Waals surface area contributed by atoms with E-state index in [0.717, 1.165) is 0 Å². The summed E-state index contributed by atoms with van der Waals surface area (Å²) in [6.45, 7) is 5.36. The average Bonchev–Trinajstić information content (AvgIpc) is 1.98. The van der Waals surface area contributed by atoms with Gasteiger partial charge in [-0.3, -0.25) is 0 Å². The lowest BCUT2D eigenvalue weighted by atomic mass is 10.1. The molecule has 0 aliphatic heterocycles. The molecule has 0 spiro atoms. The van der Waals surface area contributed by atoms with Crippen molar-refractivity contribution in [2.75, 3.05) is 19.8 Å². The molecule has 0 bridgehead atoms. The molecule has 0 radical (unpaired) electrons. The molecular formula is C7H17NO2. The summed E-state index contributed by atoms with van der Waals surface area (Å²) < 4.78 is 5.01. The third-order valence-electron chi connectivity index (χ3n) is 1.52. The standard InChI is InChI=1S/C7H17NO2/c1-3-10-5-7(9)6(2)4-8/h6-7,9H,3-5,8H2,1-2H3.